The monoisotopic (exact) mass is 480 g/mol. The average molecular weight is 480 g/mol. The van der Waals surface area contributed by atoms with Crippen molar-refractivity contribution in [2.24, 2.45) is 16.6 Å². The first kappa shape index (κ1) is 21.3. The molecule has 6 heteroatoms. The van der Waals surface area contributed by atoms with E-state index in [0.29, 0.717) is 12.5 Å². The van der Waals surface area contributed by atoms with E-state index in [4.69, 9.17) is 10.5 Å². The van der Waals surface area contributed by atoms with Crippen LogP contribution in [-0.2, 0) is 6.54 Å². The average Bonchev–Trinajstić information content (AvgIpc) is 2.68. The predicted molar refractivity (Wildman–Crippen MR) is 124 cm³/mol. The van der Waals surface area contributed by atoms with Gasteiger partial charge in [-0.25, -0.2) is 4.99 Å². The highest BCUT2D eigenvalue weighted by Gasteiger charge is 2.15. The molecule has 0 aliphatic carbocycles. The van der Waals surface area contributed by atoms with Crippen LogP contribution in [-0.4, -0.2) is 26.2 Å². The van der Waals surface area contributed by atoms with Crippen LogP contribution in [0.15, 0.2) is 53.5 Å². The minimum Gasteiger partial charge on any atom is -0.495 e. The minimum atomic E-state index is 0. The highest BCUT2D eigenvalue weighted by atomic mass is 127. The molecule has 1 aliphatic heterocycles. The molecule has 3 N–H and O–H groups in total. The normalized spacial score (nSPS) is 15.2. The topological polar surface area (TPSA) is 62.9 Å². The Morgan fingerprint density at radius 1 is 1.15 bits per heavy atom. The summed E-state index contributed by atoms with van der Waals surface area (Å²) in [5.74, 6) is 1.97. The molecule has 3 rings (SSSR count). The molecule has 0 radical (unpaired) electrons. The zero-order valence-corrected chi connectivity index (χ0v) is 18.4. The molecule has 1 saturated heterocycles. The van der Waals surface area contributed by atoms with Crippen molar-refractivity contribution in [3.63, 3.8) is 0 Å². The number of aliphatic imine (C=N–C) groups is 1. The van der Waals surface area contributed by atoms with E-state index < -0.39 is 0 Å². The number of ether oxygens (including phenoxy) is 1. The van der Waals surface area contributed by atoms with Gasteiger partial charge in [-0.15, -0.1) is 24.0 Å². The third kappa shape index (κ3) is 6.02. The van der Waals surface area contributed by atoms with Crippen LogP contribution in [0.1, 0.15) is 25.3 Å². The molecule has 2 aromatic rings. The molecule has 0 spiro atoms. The van der Waals surface area contributed by atoms with Gasteiger partial charge in [-0.05, 0) is 48.6 Å². The van der Waals surface area contributed by atoms with Gasteiger partial charge in [-0.1, -0.05) is 31.2 Å². The number of halogens is 1. The molecular formula is C21H29IN4O. The molecule has 5 nitrogen and oxygen atoms in total. The van der Waals surface area contributed by atoms with E-state index in [-0.39, 0.29) is 24.0 Å². The van der Waals surface area contributed by atoms with Crippen molar-refractivity contribution < 1.29 is 4.74 Å². The van der Waals surface area contributed by atoms with Gasteiger partial charge in [0.25, 0.3) is 0 Å². The van der Waals surface area contributed by atoms with E-state index in [1.165, 1.54) is 18.5 Å². The molecule has 27 heavy (non-hydrogen) atoms. The lowest BCUT2D eigenvalue weighted by Crippen LogP contribution is -2.32. The van der Waals surface area contributed by atoms with Crippen LogP contribution in [0.25, 0.3) is 0 Å². The molecule has 0 bridgehead atoms. The van der Waals surface area contributed by atoms with Crippen molar-refractivity contribution in [1.82, 2.24) is 0 Å². The summed E-state index contributed by atoms with van der Waals surface area (Å²) in [5, 5.41) is 3.09. The van der Waals surface area contributed by atoms with Crippen LogP contribution in [0.4, 0.5) is 11.4 Å². The van der Waals surface area contributed by atoms with Crippen molar-refractivity contribution in [2.45, 2.75) is 26.3 Å². The summed E-state index contributed by atoms with van der Waals surface area (Å²) < 4.78 is 5.31. The largest absolute Gasteiger partial charge is 0.495 e. The van der Waals surface area contributed by atoms with Gasteiger partial charge in [-0.3, -0.25) is 0 Å². The molecular weight excluding hydrogens is 451 g/mol. The number of rotatable bonds is 5. The first-order valence-corrected chi connectivity index (χ1v) is 9.19. The van der Waals surface area contributed by atoms with Crippen LogP contribution < -0.4 is 20.7 Å². The van der Waals surface area contributed by atoms with E-state index in [0.717, 1.165) is 36.0 Å². The predicted octanol–water partition coefficient (Wildman–Crippen LogP) is 4.48. The Hall–Kier alpha value is -1.96. The Balaban J connectivity index is 0.00000261. The number of piperidine rings is 1. The number of hydrogen-bond donors (Lipinski definition) is 2. The number of hydrogen-bond acceptors (Lipinski definition) is 3. The van der Waals surface area contributed by atoms with Gasteiger partial charge >= 0.3 is 0 Å². The number of nitrogens with two attached hydrogens (primary N) is 1. The second-order valence-electron chi connectivity index (χ2n) is 6.86. The third-order valence-corrected chi connectivity index (χ3v) is 4.89. The number of guanidine groups is 1. The summed E-state index contributed by atoms with van der Waals surface area (Å²) in [6.07, 6.45) is 2.55. The molecule has 0 unspecified atom stereocenters. The fourth-order valence-corrected chi connectivity index (χ4v) is 3.18. The molecule has 0 atom stereocenters. The van der Waals surface area contributed by atoms with Gasteiger partial charge in [0.05, 0.1) is 19.3 Å². The Kier molecular flexibility index (Phi) is 8.22. The Bertz CT molecular complexity index is 740. The molecule has 146 valence electrons. The van der Waals surface area contributed by atoms with E-state index >= 15 is 0 Å². The molecule has 0 saturated carbocycles. The zero-order chi connectivity index (χ0) is 18.4. The quantitative estimate of drug-likeness (QED) is 0.377. The summed E-state index contributed by atoms with van der Waals surface area (Å²) in [7, 11) is 1.64. The highest BCUT2D eigenvalue weighted by Crippen LogP contribution is 2.24. The second-order valence-corrected chi connectivity index (χ2v) is 6.86. The number of nitrogens with one attached hydrogen (secondary N) is 1. The van der Waals surface area contributed by atoms with Gasteiger partial charge < -0.3 is 20.7 Å². The molecule has 0 amide bonds. The van der Waals surface area contributed by atoms with Gasteiger partial charge in [0.15, 0.2) is 5.96 Å². The number of nitrogens with zero attached hydrogens (tertiary/aromatic N) is 2. The van der Waals surface area contributed by atoms with Crippen molar-refractivity contribution in [2.75, 3.05) is 30.4 Å². The van der Waals surface area contributed by atoms with Gasteiger partial charge in [-0.2, -0.15) is 0 Å². The first-order chi connectivity index (χ1) is 12.7. The molecule has 2 aromatic carbocycles. The molecule has 1 fully saturated rings. The van der Waals surface area contributed by atoms with Crippen LogP contribution in [0.2, 0.25) is 0 Å². The Labute approximate surface area is 179 Å². The summed E-state index contributed by atoms with van der Waals surface area (Å²) in [5.41, 5.74) is 9.26. The van der Waals surface area contributed by atoms with Crippen LogP contribution in [0.5, 0.6) is 5.75 Å². The number of benzene rings is 2. The SMILES string of the molecule is COc1ccccc1NC(N)=NCc1ccc(N2CCC(C)CC2)cc1.I. The van der Waals surface area contributed by atoms with E-state index in [1.54, 1.807) is 7.11 Å². The standard InChI is InChI=1S/C21H28N4O.HI/c1-16-11-13-25(14-12-16)18-9-7-17(8-10-18)15-23-21(22)24-19-5-3-4-6-20(19)26-2;/h3-10,16H,11-15H2,1-2H3,(H3,22,23,24);1H. The van der Waals surface area contributed by atoms with Crippen molar-refractivity contribution in [1.29, 1.82) is 0 Å². The maximum atomic E-state index is 6.01. The number of anilines is 2. The lowest BCUT2D eigenvalue weighted by molar-refractivity contribution is 0.417. The molecule has 1 heterocycles. The summed E-state index contributed by atoms with van der Waals surface area (Å²) >= 11 is 0. The third-order valence-electron chi connectivity index (χ3n) is 4.89. The molecule has 0 aromatic heterocycles. The van der Waals surface area contributed by atoms with Crippen molar-refractivity contribution in [3.8, 4) is 5.75 Å². The van der Waals surface area contributed by atoms with Gasteiger partial charge in [0.1, 0.15) is 5.75 Å². The zero-order valence-electron chi connectivity index (χ0n) is 16.0. The Morgan fingerprint density at radius 3 is 2.48 bits per heavy atom. The lowest BCUT2D eigenvalue weighted by atomic mass is 9.99. The fraction of sp³-hybridized carbons (Fsp3) is 0.381. The van der Waals surface area contributed by atoms with Crippen LogP contribution >= 0.6 is 24.0 Å². The van der Waals surface area contributed by atoms with Crippen molar-refractivity contribution >= 4 is 41.3 Å². The van der Waals surface area contributed by atoms with E-state index in [2.05, 4.69) is 46.4 Å². The number of para-hydroxylation sites is 2. The fourth-order valence-electron chi connectivity index (χ4n) is 3.18. The van der Waals surface area contributed by atoms with Crippen molar-refractivity contribution in [3.05, 3.63) is 54.1 Å². The minimum absolute atomic E-state index is 0. The summed E-state index contributed by atoms with van der Waals surface area (Å²) in [6, 6.07) is 16.3. The molecule has 1 aliphatic rings. The number of methoxy groups -OCH3 is 1. The van der Waals surface area contributed by atoms with Crippen LogP contribution in [0, 0.1) is 5.92 Å². The Morgan fingerprint density at radius 2 is 1.81 bits per heavy atom. The summed E-state index contributed by atoms with van der Waals surface area (Å²) in [6.45, 7) is 5.18. The van der Waals surface area contributed by atoms with E-state index in [1.807, 2.05) is 24.3 Å². The smallest absolute Gasteiger partial charge is 0.193 e. The first-order valence-electron chi connectivity index (χ1n) is 9.19. The maximum Gasteiger partial charge on any atom is 0.193 e. The van der Waals surface area contributed by atoms with Crippen LogP contribution in [0.3, 0.4) is 0 Å². The van der Waals surface area contributed by atoms with Gasteiger partial charge in [0.2, 0.25) is 0 Å². The second kappa shape index (κ2) is 10.4. The lowest BCUT2D eigenvalue weighted by Gasteiger charge is -2.32. The maximum absolute atomic E-state index is 6.01. The van der Waals surface area contributed by atoms with Gasteiger partial charge in [0, 0.05) is 18.8 Å². The summed E-state index contributed by atoms with van der Waals surface area (Å²) in [4.78, 5) is 6.89. The highest BCUT2D eigenvalue weighted by molar-refractivity contribution is 14.0. The van der Waals surface area contributed by atoms with E-state index in [9.17, 15) is 0 Å².